The zero-order chi connectivity index (χ0) is 110. The number of ether oxygens (including phenoxy) is 1. The van der Waals surface area contributed by atoms with Gasteiger partial charge in [0.25, 0.3) is 41.6 Å². The van der Waals surface area contributed by atoms with Gasteiger partial charge in [-0.25, -0.2) is 33.1 Å². The summed E-state index contributed by atoms with van der Waals surface area (Å²) in [6, 6.07) is 117. The van der Waals surface area contributed by atoms with Crippen molar-refractivity contribution in [3.8, 4) is 54.6 Å². The predicted octanol–water partition coefficient (Wildman–Crippen LogP) is 16.7. The highest BCUT2D eigenvalue weighted by atomic mass is 28.4. The molecule has 0 radical (unpaired) electrons. The average molecular weight is 2080 g/mol. The van der Waals surface area contributed by atoms with Gasteiger partial charge in [-0.05, 0) is 84.0 Å². The van der Waals surface area contributed by atoms with E-state index in [4.69, 9.17) is 51.0 Å². The highest BCUT2D eigenvalue weighted by Crippen LogP contribution is 2.45. The number of aliphatic imine (C=N–C) groups is 3. The maximum absolute atomic E-state index is 10.4. The molecule has 0 aliphatic rings. The molecule has 0 amide bonds. The van der Waals surface area contributed by atoms with Gasteiger partial charge in [0.1, 0.15) is 23.5 Å². The van der Waals surface area contributed by atoms with Crippen LogP contribution >= 0.6 is 0 Å². The second kappa shape index (κ2) is 57.0. The van der Waals surface area contributed by atoms with E-state index in [0.29, 0.717) is 56.5 Å². The lowest BCUT2D eigenvalue weighted by Crippen LogP contribution is -2.68. The van der Waals surface area contributed by atoms with Gasteiger partial charge in [-0.2, -0.15) is 47.4 Å². The van der Waals surface area contributed by atoms with Gasteiger partial charge < -0.3 is 61.6 Å². The molecule has 768 valence electrons. The Morgan fingerprint density at radius 1 is 0.407 bits per heavy atom. The van der Waals surface area contributed by atoms with E-state index in [1.54, 1.807) is 19.0 Å². The van der Waals surface area contributed by atoms with Gasteiger partial charge >= 0.3 is 0 Å². The van der Waals surface area contributed by atoms with Crippen molar-refractivity contribution in [1.82, 2.24) is 29.3 Å². The molecular formula is C118H135N21O6Si5. The lowest BCUT2D eigenvalue weighted by molar-refractivity contribution is 0.220. The Morgan fingerprint density at radius 2 is 0.727 bits per heavy atom. The third kappa shape index (κ3) is 29.6. The van der Waals surface area contributed by atoms with Gasteiger partial charge in [0.2, 0.25) is 13.1 Å². The normalized spacial score (nSPS) is 13.4. The van der Waals surface area contributed by atoms with Gasteiger partial charge in [-0.3, -0.25) is 4.99 Å². The van der Waals surface area contributed by atoms with Crippen LogP contribution in [0.15, 0.2) is 337 Å². The largest absolute Gasteiger partial charge is 0.484 e. The summed E-state index contributed by atoms with van der Waals surface area (Å²) in [5.74, 6) is 0.534. The Hall–Kier alpha value is -15.7. The third-order valence-corrected chi connectivity index (χ3v) is 50.1. The van der Waals surface area contributed by atoms with Gasteiger partial charge in [0.15, 0.2) is 54.8 Å². The van der Waals surface area contributed by atoms with Gasteiger partial charge in [-0.1, -0.05) is 407 Å². The van der Waals surface area contributed by atoms with Crippen molar-refractivity contribution in [1.29, 1.82) is 47.4 Å². The second-order valence-corrected chi connectivity index (χ2v) is 61.6. The summed E-state index contributed by atoms with van der Waals surface area (Å²) < 4.78 is 42.6. The lowest BCUT2D eigenvalue weighted by atomic mass is 10.2. The molecule has 0 aliphatic carbocycles. The average Bonchev–Trinajstić information content (AvgIpc) is 0.971. The Kier molecular flexibility index (Phi) is 45.4. The summed E-state index contributed by atoms with van der Waals surface area (Å²) in [5, 5.41) is 99.2. The fourth-order valence-electron chi connectivity index (χ4n) is 18.1. The molecule has 150 heavy (non-hydrogen) atoms. The van der Waals surface area contributed by atoms with Crippen LogP contribution in [0.4, 0.5) is 5.82 Å². The summed E-state index contributed by atoms with van der Waals surface area (Å²) in [6.07, 6.45) is 4.92. The first-order valence-electron chi connectivity index (χ1n) is 49.4. The monoisotopic (exact) mass is 2080 g/mol. The first kappa shape index (κ1) is 119. The number of hydrogen-bond donors (Lipinski definition) is 2. The number of benzene rings is 10. The molecule has 12 aromatic rings. The minimum absolute atomic E-state index is 0.225. The van der Waals surface area contributed by atoms with Crippen LogP contribution in [0.2, 0.25) is 25.2 Å². The smallest absolute Gasteiger partial charge is 0.263 e. The molecule has 27 nitrogen and oxygen atoms in total. The molecule has 0 fully saturated rings. The Labute approximate surface area is 892 Å². The van der Waals surface area contributed by atoms with E-state index in [-0.39, 0.29) is 31.6 Å². The van der Waals surface area contributed by atoms with E-state index in [0.717, 1.165) is 51.9 Å². The highest BCUT2D eigenvalue weighted by Gasteiger charge is 2.58. The number of nitrogens with zero attached hydrogens (tertiary/aromatic N) is 19. The molecule has 0 saturated heterocycles. The maximum Gasteiger partial charge on any atom is 0.263 e. The van der Waals surface area contributed by atoms with Crippen LogP contribution in [0.3, 0.4) is 0 Å². The molecule has 12 rings (SSSR count). The number of aromatic nitrogens is 4. The molecule has 3 N–H and O–H groups in total. The fourth-order valence-corrected chi connectivity index (χ4v) is 41.0. The zero-order valence-electron chi connectivity index (χ0n) is 88.9. The number of nitriles is 9. The quantitative estimate of drug-likeness (QED) is 0.0119. The summed E-state index contributed by atoms with van der Waals surface area (Å²) in [6.45, 7) is 50.5. The van der Waals surface area contributed by atoms with Crippen LogP contribution in [0.25, 0.3) is 9.69 Å². The first-order chi connectivity index (χ1) is 71.8. The molecule has 0 saturated carbocycles. The molecule has 0 bridgehead atoms. The summed E-state index contributed by atoms with van der Waals surface area (Å²) in [4.78, 5) is 30.5. The Morgan fingerprint density at radius 3 is 1.01 bits per heavy atom. The molecule has 10 aromatic carbocycles. The molecule has 2 heterocycles. The van der Waals surface area contributed by atoms with Crippen LogP contribution in [-0.4, -0.2) is 161 Å². The van der Waals surface area contributed by atoms with Crippen molar-refractivity contribution < 1.29 is 26.9 Å². The van der Waals surface area contributed by atoms with Crippen LogP contribution in [0.1, 0.15) is 141 Å². The number of imidazole rings is 2. The molecule has 2 aromatic heterocycles. The minimum atomic E-state index is -2.98. The van der Waals surface area contributed by atoms with Crippen LogP contribution in [0, 0.1) is 115 Å². The number of rotatable bonds is 38. The van der Waals surface area contributed by atoms with Gasteiger partial charge in [0.05, 0.1) is 107 Å². The van der Waals surface area contributed by atoms with Gasteiger partial charge in [-0.15, -0.1) is 0 Å². The molecule has 8 atom stereocenters. The predicted molar refractivity (Wildman–Crippen MR) is 607 cm³/mol. The van der Waals surface area contributed by atoms with Crippen molar-refractivity contribution in [3.63, 3.8) is 0 Å². The molecular weight excluding hydrogens is 1950 g/mol. The van der Waals surface area contributed by atoms with Gasteiger partial charge in [0, 0.05) is 20.3 Å². The summed E-state index contributed by atoms with van der Waals surface area (Å²) in [5.41, 5.74) is 6.89. The van der Waals surface area contributed by atoms with Crippen LogP contribution < -0.4 is 62.9 Å². The fraction of sp³-hybridized carbons (Fsp3) is 0.322. The van der Waals surface area contributed by atoms with Crippen molar-refractivity contribution >= 4 is 118 Å². The molecule has 0 aliphatic heterocycles. The number of nitrogens with two attached hydrogens (primary N) is 1. The lowest BCUT2D eigenvalue weighted by Gasteiger charge is -2.44. The van der Waals surface area contributed by atoms with Crippen molar-refractivity contribution in [2.75, 3.05) is 40.3 Å². The summed E-state index contributed by atoms with van der Waals surface area (Å²) in [7, 11) is -10.9. The van der Waals surface area contributed by atoms with E-state index >= 15 is 0 Å². The second-order valence-electron chi connectivity index (χ2n) is 40.4. The molecule has 0 spiro atoms. The topological polar surface area (TPSA) is 392 Å². The van der Waals surface area contributed by atoms with Crippen molar-refractivity contribution in [3.05, 3.63) is 356 Å². The van der Waals surface area contributed by atoms with Crippen LogP contribution in [0.5, 0.6) is 0 Å². The molecule has 32 heteroatoms. The highest BCUT2D eigenvalue weighted by molar-refractivity contribution is 7.02. The first-order valence-corrected chi connectivity index (χ1v) is 58.9. The van der Waals surface area contributed by atoms with Crippen molar-refractivity contribution in [2.24, 2.45) is 20.7 Å². The Bertz CT molecular complexity index is 6600. The van der Waals surface area contributed by atoms with Crippen molar-refractivity contribution in [2.45, 2.75) is 204 Å². The standard InChI is InChI=1S/C27H32N6OSi.C24H27N5OSi.C24H26N4OSi.C23H27N3O2Si.C20H23N3OSi/c1-27(2,3)35(22-13-9-7-10-14-22,23-15-11-8-12-16-23)34-24(19-28)25-26(31-20-32(5)6)33(21-30-25)18-17-29-4;1-24(2,3)31(20-11-6-4-7-12-20,21-13-8-5-9-14-21)30-23(18-27)22(17-26)29-19-28-16-10-15-25;1-24(2,3)30(20-11-7-5-8-12-20,21-13-9-6-10-14-21)29-23(17-25)22-18-28(19-27-22)16-15-26-4;1-5-27-18-26-21(16-24)22(17-25)28-29(23(2,3)4,19-12-8-6-9-13-19)20-14-10-7-11-15-20;1-20(2,3)25(16-10-6-4-7-11-16,17-12-8-5-9-13-17)24-19(15-22)18(23)14-21/h7-16,20-21,24H,17-18H2,1-3,5-6H3;4-9,11-14,19,22-23H,10,16H2,1-3H3,(H,28,29);5-14,18-19,23H,15-16H2,1-3H3;6-15,18,21-22H,5H2,1-4H3;4-13,18-19H,23H2,1-3H3/t24-;22-,23+;23-;21-,22+;18-,19+/m11111/s1. The Balaban J connectivity index is 0.000000229. The third-order valence-electron chi connectivity index (χ3n) is 25.0. The minimum Gasteiger partial charge on any atom is -0.484 e. The number of nitrogens with one attached hydrogen (secondary N) is 1. The van der Waals surface area contributed by atoms with E-state index in [2.05, 4.69) is 235 Å². The zero-order valence-corrected chi connectivity index (χ0v) is 93.9. The SMILES string of the molecule is CC(C)(C)[Si](O[C@@H](C#N)[C@@H](C#N)NC=NCCC#N)(c1ccccc1)c1ccccc1.CC(C)(C)[Si](O[C@@H](C#N)[C@H](N)C#N)(c1ccccc1)c1ccccc1.CCOC=N[C@H](C#N)[C@H](C#N)O[Si](c1ccccc1)(c1ccccc1)C(C)(C)C.[C-]#[N+]CCn1cnc([C@@H](C#N)O[Si](c2ccccc2)(c2ccccc2)C(C)(C)C)c1.[C-]#[N+]CCn1cnc([C@@H](C#N)O[Si](c2ccccc2)(c2ccccc2)C(C)(C)C)c1N=CN(C)C. The molecule has 0 unspecified atom stereocenters. The van der Waals surface area contributed by atoms with Crippen LogP contribution in [-0.2, 0) is 40.0 Å². The van der Waals surface area contributed by atoms with E-state index in [1.807, 2.05) is 308 Å². The summed E-state index contributed by atoms with van der Waals surface area (Å²) >= 11 is 0. The van der Waals surface area contributed by atoms with E-state index < -0.39 is 90.2 Å². The van der Waals surface area contributed by atoms with E-state index in [1.165, 1.54) is 12.7 Å². The maximum atomic E-state index is 10.4. The van der Waals surface area contributed by atoms with E-state index in [9.17, 15) is 42.1 Å². The number of hydrogen-bond acceptors (Lipinski definition) is 21.